The van der Waals surface area contributed by atoms with Gasteiger partial charge < -0.3 is 10.4 Å². The molecule has 4 rings (SSSR count). The Kier molecular flexibility index (Phi) is 4.26. The van der Waals surface area contributed by atoms with E-state index < -0.39 is 0 Å². The van der Waals surface area contributed by atoms with Crippen LogP contribution in [0.25, 0.3) is 0 Å². The number of benzene rings is 1. The van der Waals surface area contributed by atoms with Gasteiger partial charge in [-0.2, -0.15) is 0 Å². The predicted molar refractivity (Wildman–Crippen MR) is 105 cm³/mol. The molecule has 0 aromatic heterocycles. The quantitative estimate of drug-likeness (QED) is 0.790. The van der Waals surface area contributed by atoms with Crippen LogP contribution in [0, 0.1) is 22.7 Å². The SMILES string of the molecule is CC1(C)CC(=O)C2C(C1)NC1CC(C)(C)CC(=O)C1C2c1cccc(O)c1. The molecule has 3 fully saturated rings. The van der Waals surface area contributed by atoms with Gasteiger partial charge in [-0.3, -0.25) is 9.59 Å². The van der Waals surface area contributed by atoms with Crippen LogP contribution >= 0.6 is 0 Å². The Morgan fingerprint density at radius 2 is 1.41 bits per heavy atom. The van der Waals surface area contributed by atoms with Crippen LogP contribution in [-0.4, -0.2) is 28.8 Å². The van der Waals surface area contributed by atoms with Crippen molar-refractivity contribution in [2.24, 2.45) is 22.7 Å². The fourth-order valence-corrected chi connectivity index (χ4v) is 6.09. The number of ketones is 2. The largest absolute Gasteiger partial charge is 0.508 e. The number of carbonyl (C=O) groups is 2. The molecule has 0 amide bonds. The lowest BCUT2D eigenvalue weighted by atomic mass is 9.54. The summed E-state index contributed by atoms with van der Waals surface area (Å²) < 4.78 is 0. The minimum Gasteiger partial charge on any atom is -0.508 e. The van der Waals surface area contributed by atoms with Gasteiger partial charge in [0.15, 0.2) is 0 Å². The highest BCUT2D eigenvalue weighted by atomic mass is 16.3. The van der Waals surface area contributed by atoms with E-state index in [0.29, 0.717) is 12.8 Å². The van der Waals surface area contributed by atoms with Crippen molar-refractivity contribution in [2.75, 3.05) is 0 Å². The average molecular weight is 370 g/mol. The molecule has 146 valence electrons. The number of fused-ring (bicyclic) bond motifs is 2. The van der Waals surface area contributed by atoms with Gasteiger partial charge in [-0.05, 0) is 41.4 Å². The minimum atomic E-state index is -0.189. The normalized spacial score (nSPS) is 37.4. The van der Waals surface area contributed by atoms with Crippen molar-refractivity contribution in [2.45, 2.75) is 71.4 Å². The molecule has 0 radical (unpaired) electrons. The summed E-state index contributed by atoms with van der Waals surface area (Å²) in [5.74, 6) is 0.200. The molecule has 1 aromatic carbocycles. The van der Waals surface area contributed by atoms with Gasteiger partial charge in [0.1, 0.15) is 17.3 Å². The van der Waals surface area contributed by atoms with E-state index in [1.165, 1.54) is 0 Å². The van der Waals surface area contributed by atoms with E-state index >= 15 is 0 Å². The van der Waals surface area contributed by atoms with Gasteiger partial charge in [-0.1, -0.05) is 39.8 Å². The zero-order valence-corrected chi connectivity index (χ0v) is 16.8. The molecular weight excluding hydrogens is 338 g/mol. The van der Waals surface area contributed by atoms with Crippen molar-refractivity contribution < 1.29 is 14.7 Å². The van der Waals surface area contributed by atoms with Crippen LogP contribution in [0.4, 0.5) is 0 Å². The van der Waals surface area contributed by atoms with E-state index in [4.69, 9.17) is 0 Å². The number of carbonyl (C=O) groups excluding carboxylic acids is 2. The maximum Gasteiger partial charge on any atom is 0.138 e. The zero-order valence-electron chi connectivity index (χ0n) is 16.8. The summed E-state index contributed by atoms with van der Waals surface area (Å²) in [6, 6.07) is 7.39. The number of nitrogens with one attached hydrogen (secondary N) is 1. The Balaban J connectivity index is 1.80. The summed E-state index contributed by atoms with van der Waals surface area (Å²) in [6.07, 6.45) is 3.00. The first-order chi connectivity index (χ1) is 12.6. The first-order valence-corrected chi connectivity index (χ1v) is 10.2. The summed E-state index contributed by atoms with van der Waals surface area (Å²) in [7, 11) is 0. The molecule has 2 saturated carbocycles. The second-order valence-corrected chi connectivity index (χ2v) is 10.6. The highest BCUT2D eigenvalue weighted by Gasteiger charge is 2.56. The van der Waals surface area contributed by atoms with Crippen LogP contribution in [0.3, 0.4) is 0 Å². The summed E-state index contributed by atoms with van der Waals surface area (Å²) >= 11 is 0. The van der Waals surface area contributed by atoms with E-state index in [-0.39, 0.29) is 58.0 Å². The van der Waals surface area contributed by atoms with Gasteiger partial charge in [-0.15, -0.1) is 0 Å². The molecule has 27 heavy (non-hydrogen) atoms. The number of rotatable bonds is 1. The Morgan fingerprint density at radius 3 is 1.89 bits per heavy atom. The summed E-state index contributed by atoms with van der Waals surface area (Å²) in [5, 5.41) is 13.8. The number of phenols is 1. The van der Waals surface area contributed by atoms with Gasteiger partial charge in [0.25, 0.3) is 0 Å². The minimum absolute atomic E-state index is 0.0182. The number of piperidine rings is 1. The molecule has 0 bridgehead atoms. The Morgan fingerprint density at radius 1 is 0.889 bits per heavy atom. The smallest absolute Gasteiger partial charge is 0.138 e. The molecule has 4 atom stereocenters. The van der Waals surface area contributed by atoms with Crippen LogP contribution in [0.1, 0.15) is 64.9 Å². The zero-order chi connectivity index (χ0) is 19.6. The number of hydrogen-bond acceptors (Lipinski definition) is 4. The van der Waals surface area contributed by atoms with Crippen molar-refractivity contribution in [3.63, 3.8) is 0 Å². The highest BCUT2D eigenvalue weighted by molar-refractivity contribution is 5.89. The molecule has 0 spiro atoms. The molecular formula is C23H31NO3. The molecule has 1 saturated heterocycles. The lowest BCUT2D eigenvalue weighted by molar-refractivity contribution is -0.140. The van der Waals surface area contributed by atoms with Gasteiger partial charge in [0, 0.05) is 42.7 Å². The predicted octanol–water partition coefficient (Wildman–Crippen LogP) is 3.83. The molecule has 4 nitrogen and oxygen atoms in total. The van der Waals surface area contributed by atoms with E-state index in [0.717, 1.165) is 18.4 Å². The topological polar surface area (TPSA) is 66.4 Å². The van der Waals surface area contributed by atoms with Crippen molar-refractivity contribution in [1.82, 2.24) is 5.32 Å². The third-order valence-corrected chi connectivity index (χ3v) is 6.92. The van der Waals surface area contributed by atoms with E-state index in [2.05, 4.69) is 33.0 Å². The summed E-state index contributed by atoms with van der Waals surface area (Å²) in [6.45, 7) is 8.64. The molecule has 3 aliphatic rings. The van der Waals surface area contributed by atoms with Gasteiger partial charge in [0.05, 0.1) is 0 Å². The highest BCUT2D eigenvalue weighted by Crippen LogP contribution is 2.52. The van der Waals surface area contributed by atoms with Crippen molar-refractivity contribution in [1.29, 1.82) is 0 Å². The maximum absolute atomic E-state index is 13.2. The number of hydrogen-bond donors (Lipinski definition) is 2. The Bertz CT molecular complexity index is 740. The van der Waals surface area contributed by atoms with Crippen LogP contribution in [0.2, 0.25) is 0 Å². The molecule has 2 N–H and O–H groups in total. The number of Topliss-reactive ketones (excluding diaryl/α,β-unsaturated/α-hetero) is 2. The molecule has 4 unspecified atom stereocenters. The fourth-order valence-electron chi connectivity index (χ4n) is 6.09. The lowest BCUT2D eigenvalue weighted by Gasteiger charge is -2.55. The van der Waals surface area contributed by atoms with E-state index in [1.54, 1.807) is 12.1 Å². The van der Waals surface area contributed by atoms with E-state index in [1.807, 2.05) is 12.1 Å². The second kappa shape index (κ2) is 6.16. The van der Waals surface area contributed by atoms with Crippen LogP contribution in [0.5, 0.6) is 5.75 Å². The Labute approximate surface area is 161 Å². The fraction of sp³-hybridized carbons (Fsp3) is 0.652. The van der Waals surface area contributed by atoms with Crippen LogP contribution in [-0.2, 0) is 9.59 Å². The van der Waals surface area contributed by atoms with Gasteiger partial charge >= 0.3 is 0 Å². The first-order valence-electron chi connectivity index (χ1n) is 10.2. The molecule has 2 aliphatic carbocycles. The summed E-state index contributed by atoms with van der Waals surface area (Å²) in [5.41, 5.74) is 0.897. The molecule has 4 heteroatoms. The molecule has 1 aromatic rings. The van der Waals surface area contributed by atoms with Crippen molar-refractivity contribution in [3.8, 4) is 5.75 Å². The number of aromatic hydroxyl groups is 1. The third-order valence-electron chi connectivity index (χ3n) is 6.92. The van der Waals surface area contributed by atoms with Gasteiger partial charge in [0.2, 0.25) is 0 Å². The van der Waals surface area contributed by atoms with Crippen LogP contribution in [0.15, 0.2) is 24.3 Å². The van der Waals surface area contributed by atoms with Crippen molar-refractivity contribution in [3.05, 3.63) is 29.8 Å². The molecule has 1 aliphatic heterocycles. The van der Waals surface area contributed by atoms with Crippen molar-refractivity contribution >= 4 is 11.6 Å². The van der Waals surface area contributed by atoms with E-state index in [9.17, 15) is 14.7 Å². The first kappa shape index (κ1) is 18.7. The summed E-state index contributed by atoms with van der Waals surface area (Å²) in [4.78, 5) is 26.4. The second-order valence-electron chi connectivity index (χ2n) is 10.6. The van der Waals surface area contributed by atoms with Gasteiger partial charge in [-0.25, -0.2) is 0 Å². The molecule has 1 heterocycles. The number of phenolic OH excluding ortho intramolecular Hbond substituents is 1. The maximum atomic E-state index is 13.2. The average Bonchev–Trinajstić information content (AvgIpc) is 2.50. The van der Waals surface area contributed by atoms with Crippen LogP contribution < -0.4 is 5.32 Å². The third kappa shape index (κ3) is 3.33. The Hall–Kier alpha value is -1.68. The standard InChI is InChI=1S/C23H31NO3/c1-22(2)9-15-20(17(26)11-22)19(13-6-5-7-14(25)8-13)21-16(24-15)10-23(3,4)12-18(21)27/h5-8,15-16,19-21,24-25H,9-12H2,1-4H3. The monoisotopic (exact) mass is 369 g/mol. The lowest BCUT2D eigenvalue weighted by Crippen LogP contribution is -2.65.